The highest BCUT2D eigenvalue weighted by atomic mass is 35.5. The van der Waals surface area contributed by atoms with Crippen LogP contribution in [0.1, 0.15) is 43.3 Å². The molecule has 1 saturated heterocycles. The minimum atomic E-state index is -0.697. The number of likely N-dealkylation sites (tertiary alicyclic amines) is 1. The Bertz CT molecular complexity index is 1240. The monoisotopic (exact) mass is 481 g/mol. The zero-order valence-corrected chi connectivity index (χ0v) is 20.5. The molecule has 1 aromatic carbocycles. The highest BCUT2D eigenvalue weighted by Crippen LogP contribution is 2.40. The minimum absolute atomic E-state index is 0.0799. The van der Waals surface area contributed by atoms with Crippen molar-refractivity contribution in [1.82, 2.24) is 14.3 Å². The van der Waals surface area contributed by atoms with Gasteiger partial charge in [0.15, 0.2) is 5.76 Å². The maximum atomic E-state index is 13.3. The normalized spacial score (nSPS) is 17.9. The fraction of sp³-hybridized carbons (Fsp3) is 0.346. The standard InChI is InChI=1S/C26H29ClN4O3/c1-4-29(5-2)14-8-16-31-23(18-10-12-19(27)13-11-18)21(25(33)26(31)34)24(32)22-17(3)28-20-9-6-7-15-30(20)22/h6-7,9-13,15,23,32H,4-5,8,14,16H2,1-3H3/p+1. The van der Waals surface area contributed by atoms with Crippen LogP contribution in [0.3, 0.4) is 0 Å². The molecule has 3 aromatic rings. The molecule has 8 heteroatoms. The third-order valence-corrected chi connectivity index (χ3v) is 6.84. The first kappa shape index (κ1) is 24.0. The van der Waals surface area contributed by atoms with Crippen molar-refractivity contribution in [3.05, 3.63) is 76.2 Å². The Morgan fingerprint density at radius 3 is 2.50 bits per heavy atom. The molecule has 3 heterocycles. The molecule has 4 rings (SSSR count). The lowest BCUT2D eigenvalue weighted by Crippen LogP contribution is -3.11. The third kappa shape index (κ3) is 4.33. The molecule has 1 unspecified atom stereocenters. The van der Waals surface area contributed by atoms with Crippen LogP contribution in [0.15, 0.2) is 54.2 Å². The van der Waals surface area contributed by atoms with Crippen LogP contribution in [0.25, 0.3) is 11.4 Å². The highest BCUT2D eigenvalue weighted by molar-refractivity contribution is 6.46. The van der Waals surface area contributed by atoms with Crippen molar-refractivity contribution < 1.29 is 19.6 Å². The average Bonchev–Trinajstić information content (AvgIpc) is 3.30. The molecule has 0 aliphatic carbocycles. The molecular weight excluding hydrogens is 452 g/mol. The SMILES string of the molecule is CC[NH+](CC)CCCN1C(=O)C(=O)C(=C(O)c2c(C)nc3ccccn23)C1c1ccc(Cl)cc1. The lowest BCUT2D eigenvalue weighted by Gasteiger charge is -2.26. The first-order chi connectivity index (χ1) is 16.4. The molecule has 0 spiro atoms. The molecule has 0 saturated carbocycles. The van der Waals surface area contributed by atoms with Crippen molar-refractivity contribution in [2.45, 2.75) is 33.2 Å². The van der Waals surface area contributed by atoms with Gasteiger partial charge in [0.25, 0.3) is 11.7 Å². The largest absolute Gasteiger partial charge is 0.505 e. The Morgan fingerprint density at radius 1 is 1.12 bits per heavy atom. The van der Waals surface area contributed by atoms with E-state index in [0.29, 0.717) is 28.6 Å². The number of aryl methyl sites for hydroxylation is 1. The second-order valence-electron chi connectivity index (χ2n) is 8.58. The number of hydrogen-bond acceptors (Lipinski definition) is 4. The van der Waals surface area contributed by atoms with Crippen LogP contribution in [-0.2, 0) is 9.59 Å². The maximum absolute atomic E-state index is 13.3. The molecule has 1 fully saturated rings. The predicted molar refractivity (Wildman–Crippen MR) is 132 cm³/mol. The van der Waals surface area contributed by atoms with Gasteiger partial charge in [-0.25, -0.2) is 4.98 Å². The van der Waals surface area contributed by atoms with Crippen molar-refractivity contribution in [1.29, 1.82) is 0 Å². The molecule has 1 aliphatic heterocycles. The summed E-state index contributed by atoms with van der Waals surface area (Å²) in [6.45, 7) is 9.38. The molecule has 7 nitrogen and oxygen atoms in total. The second-order valence-corrected chi connectivity index (χ2v) is 9.02. The van der Waals surface area contributed by atoms with Crippen LogP contribution in [0.5, 0.6) is 0 Å². The summed E-state index contributed by atoms with van der Waals surface area (Å²) in [5.41, 5.74) is 2.46. The van der Waals surface area contributed by atoms with Crippen LogP contribution in [0.4, 0.5) is 0 Å². The van der Waals surface area contributed by atoms with Gasteiger partial charge in [0.2, 0.25) is 0 Å². The maximum Gasteiger partial charge on any atom is 0.295 e. The Hall–Kier alpha value is -3.16. The number of quaternary nitrogens is 1. The van der Waals surface area contributed by atoms with E-state index in [1.807, 2.05) is 18.2 Å². The number of nitrogens with one attached hydrogen (secondary N) is 1. The molecule has 34 heavy (non-hydrogen) atoms. The summed E-state index contributed by atoms with van der Waals surface area (Å²) in [6.07, 6.45) is 2.54. The summed E-state index contributed by atoms with van der Waals surface area (Å²) in [7, 11) is 0. The van der Waals surface area contributed by atoms with Crippen molar-refractivity contribution in [3.63, 3.8) is 0 Å². The first-order valence-electron chi connectivity index (χ1n) is 11.7. The highest BCUT2D eigenvalue weighted by Gasteiger charge is 2.46. The fourth-order valence-corrected chi connectivity index (χ4v) is 4.86. The topological polar surface area (TPSA) is 79.3 Å². The van der Waals surface area contributed by atoms with Crippen LogP contribution >= 0.6 is 11.6 Å². The average molecular weight is 482 g/mol. The number of ketones is 1. The number of pyridine rings is 1. The van der Waals surface area contributed by atoms with Gasteiger partial charge in [-0.2, -0.15) is 0 Å². The Labute approximate surface area is 204 Å². The smallest absolute Gasteiger partial charge is 0.295 e. The number of benzene rings is 1. The Balaban J connectivity index is 1.81. The Morgan fingerprint density at radius 2 is 1.82 bits per heavy atom. The van der Waals surface area contributed by atoms with Gasteiger partial charge in [0.1, 0.15) is 11.3 Å². The number of halogens is 1. The van der Waals surface area contributed by atoms with Crippen molar-refractivity contribution in [2.24, 2.45) is 0 Å². The number of nitrogens with zero attached hydrogens (tertiary/aromatic N) is 3. The number of carbonyl (C=O) groups excluding carboxylic acids is 2. The van der Waals surface area contributed by atoms with Gasteiger partial charge in [-0.15, -0.1) is 0 Å². The quantitative estimate of drug-likeness (QED) is 0.294. The number of rotatable bonds is 8. The fourth-order valence-electron chi connectivity index (χ4n) is 4.73. The summed E-state index contributed by atoms with van der Waals surface area (Å²) in [5, 5.41) is 12.0. The van der Waals surface area contributed by atoms with Gasteiger partial charge in [0.05, 0.1) is 36.9 Å². The van der Waals surface area contributed by atoms with E-state index in [-0.39, 0.29) is 11.3 Å². The number of aromatic nitrogens is 2. The van der Waals surface area contributed by atoms with Crippen molar-refractivity contribution >= 4 is 34.7 Å². The van der Waals surface area contributed by atoms with E-state index in [0.717, 1.165) is 31.6 Å². The van der Waals surface area contributed by atoms with Crippen LogP contribution < -0.4 is 4.90 Å². The number of Topliss-reactive ketones (excluding diaryl/α,β-unsaturated/α-hetero) is 1. The summed E-state index contributed by atoms with van der Waals surface area (Å²) in [4.78, 5) is 34.0. The number of aliphatic hydroxyl groups excluding tert-OH is 1. The summed E-state index contributed by atoms with van der Waals surface area (Å²) >= 11 is 6.11. The zero-order valence-electron chi connectivity index (χ0n) is 19.7. The van der Waals surface area contributed by atoms with Gasteiger partial charge in [-0.1, -0.05) is 29.8 Å². The van der Waals surface area contributed by atoms with Gasteiger partial charge < -0.3 is 14.9 Å². The van der Waals surface area contributed by atoms with Crippen molar-refractivity contribution in [2.75, 3.05) is 26.2 Å². The van der Waals surface area contributed by atoms with Crippen LogP contribution in [0.2, 0.25) is 5.02 Å². The van der Waals surface area contributed by atoms with Gasteiger partial charge in [0, 0.05) is 24.2 Å². The number of carbonyl (C=O) groups is 2. The number of hydrogen-bond donors (Lipinski definition) is 2. The molecule has 0 radical (unpaired) electrons. The number of aliphatic hydroxyl groups is 1. The first-order valence-corrected chi connectivity index (χ1v) is 12.1. The molecule has 0 bridgehead atoms. The predicted octanol–water partition coefficient (Wildman–Crippen LogP) is 3.03. The Kier molecular flexibility index (Phi) is 7.05. The lowest BCUT2D eigenvalue weighted by molar-refractivity contribution is -0.896. The molecule has 1 amide bonds. The molecule has 178 valence electrons. The van der Waals surface area contributed by atoms with E-state index >= 15 is 0 Å². The number of amides is 1. The molecule has 1 atom stereocenters. The molecule has 2 aromatic heterocycles. The summed E-state index contributed by atoms with van der Waals surface area (Å²) < 4.78 is 1.74. The van der Waals surface area contributed by atoms with E-state index in [9.17, 15) is 14.7 Å². The number of imidazole rings is 1. The zero-order chi connectivity index (χ0) is 24.4. The van der Waals surface area contributed by atoms with Crippen molar-refractivity contribution in [3.8, 4) is 0 Å². The van der Waals surface area contributed by atoms with Gasteiger partial charge >= 0.3 is 0 Å². The van der Waals surface area contributed by atoms with E-state index in [1.165, 1.54) is 4.90 Å². The van der Waals surface area contributed by atoms with Crippen LogP contribution in [-0.4, -0.2) is 57.3 Å². The molecular formula is C26H30ClN4O3+. The van der Waals surface area contributed by atoms with Gasteiger partial charge in [-0.05, 0) is 50.6 Å². The number of fused-ring (bicyclic) bond motifs is 1. The van der Waals surface area contributed by atoms with Crippen LogP contribution in [0, 0.1) is 6.92 Å². The summed E-state index contributed by atoms with van der Waals surface area (Å²) in [6, 6.07) is 11.9. The van der Waals surface area contributed by atoms with Gasteiger partial charge in [-0.3, -0.25) is 14.0 Å². The van der Waals surface area contributed by atoms with E-state index in [2.05, 4.69) is 18.8 Å². The third-order valence-electron chi connectivity index (χ3n) is 6.58. The minimum Gasteiger partial charge on any atom is -0.505 e. The molecule has 2 N–H and O–H groups in total. The van der Waals surface area contributed by atoms with E-state index < -0.39 is 17.7 Å². The second kappa shape index (κ2) is 9.99. The lowest BCUT2D eigenvalue weighted by atomic mass is 9.96. The summed E-state index contributed by atoms with van der Waals surface area (Å²) in [5.74, 6) is -1.49. The molecule has 1 aliphatic rings. The van der Waals surface area contributed by atoms with E-state index in [4.69, 9.17) is 11.6 Å². The van der Waals surface area contributed by atoms with E-state index in [1.54, 1.807) is 46.7 Å².